The van der Waals surface area contributed by atoms with Crippen LogP contribution in [0.4, 0.5) is 17.1 Å². The summed E-state index contributed by atoms with van der Waals surface area (Å²) in [6.45, 7) is 1.93. The number of fused-ring (bicyclic) bond motifs is 1. The van der Waals surface area contributed by atoms with Crippen LogP contribution in [0.15, 0.2) is 84.9 Å². The van der Waals surface area contributed by atoms with Gasteiger partial charge in [0.05, 0.1) is 27.9 Å². The average Bonchev–Trinajstić information content (AvgIpc) is 3.34. The number of amides is 2. The topological polar surface area (TPSA) is 93.0 Å². The molecule has 0 bridgehead atoms. The Labute approximate surface area is 195 Å². The first kappa shape index (κ1) is 21.5. The number of hydroxylamine groups is 1. The third-order valence-corrected chi connectivity index (χ3v) is 6.07. The number of hydrogen-bond donors (Lipinski definition) is 0. The van der Waals surface area contributed by atoms with E-state index in [-0.39, 0.29) is 11.6 Å². The molecule has 2 fully saturated rings. The van der Waals surface area contributed by atoms with Gasteiger partial charge in [-0.15, -0.1) is 0 Å². The van der Waals surface area contributed by atoms with Gasteiger partial charge in [-0.2, -0.15) is 0 Å². The number of nitro benzene ring substituents is 1. The predicted molar refractivity (Wildman–Crippen MR) is 127 cm³/mol. The lowest BCUT2D eigenvalue weighted by atomic mass is 9.95. The highest BCUT2D eigenvalue weighted by molar-refractivity contribution is 6.24. The molecule has 3 aromatic rings. The summed E-state index contributed by atoms with van der Waals surface area (Å²) < 4.78 is 0. The average molecular weight is 455 g/mol. The molecule has 2 heterocycles. The molecule has 8 nitrogen and oxygen atoms in total. The van der Waals surface area contributed by atoms with Crippen molar-refractivity contribution < 1.29 is 19.3 Å². The van der Waals surface area contributed by atoms with Crippen molar-refractivity contribution in [1.82, 2.24) is 0 Å². The number of para-hydroxylation sites is 2. The van der Waals surface area contributed by atoms with Gasteiger partial charge in [0, 0.05) is 6.07 Å². The molecular formula is C26H21N3O5. The summed E-state index contributed by atoms with van der Waals surface area (Å²) >= 11 is 0. The largest absolute Gasteiger partial charge is 0.276 e. The monoisotopic (exact) mass is 455 g/mol. The Morgan fingerprint density at radius 1 is 0.882 bits per heavy atom. The number of imide groups is 1. The van der Waals surface area contributed by atoms with Gasteiger partial charge in [0.25, 0.3) is 11.6 Å². The summed E-state index contributed by atoms with van der Waals surface area (Å²) in [5.41, 5.74) is 2.54. The van der Waals surface area contributed by atoms with Crippen molar-refractivity contribution in [2.24, 2.45) is 5.92 Å². The molecule has 2 saturated heterocycles. The standard InChI is InChI=1S/C26H21N3O5/c1-17-11-14-19(15-12-17)27-25(30)23-22(16-13-18-7-5-6-10-21(18)29(32)33)28(34-24(23)26(27)31)20-8-3-2-4-9-20/h2-16,22-24H,1H3/b16-13+/t22-,23-,24+/m0/s1. The molecule has 0 radical (unpaired) electrons. The van der Waals surface area contributed by atoms with E-state index in [1.54, 1.807) is 47.5 Å². The van der Waals surface area contributed by atoms with Crippen molar-refractivity contribution in [2.45, 2.75) is 19.1 Å². The molecule has 34 heavy (non-hydrogen) atoms. The number of rotatable bonds is 5. The van der Waals surface area contributed by atoms with Crippen molar-refractivity contribution in [3.63, 3.8) is 0 Å². The molecule has 0 unspecified atom stereocenters. The molecule has 170 valence electrons. The zero-order valence-corrected chi connectivity index (χ0v) is 18.3. The van der Waals surface area contributed by atoms with Crippen LogP contribution in [0, 0.1) is 23.0 Å². The maximum Gasteiger partial charge on any atom is 0.276 e. The van der Waals surface area contributed by atoms with Gasteiger partial charge in [0.1, 0.15) is 5.92 Å². The second-order valence-corrected chi connectivity index (χ2v) is 8.23. The lowest BCUT2D eigenvalue weighted by Crippen LogP contribution is -2.39. The number of carbonyl (C=O) groups is 2. The van der Waals surface area contributed by atoms with Crippen molar-refractivity contribution in [2.75, 3.05) is 9.96 Å². The quantitative estimate of drug-likeness (QED) is 0.324. The summed E-state index contributed by atoms with van der Waals surface area (Å²) in [6.07, 6.45) is 2.31. The minimum atomic E-state index is -0.991. The highest BCUT2D eigenvalue weighted by atomic mass is 16.7. The molecule has 0 spiro atoms. The second kappa shape index (κ2) is 8.57. The minimum absolute atomic E-state index is 0.0458. The molecule has 0 saturated carbocycles. The Hall–Kier alpha value is -4.30. The SMILES string of the molecule is Cc1ccc(N2C(=O)[C@@H]3[C@@H](ON(c4ccccc4)[C@H]3/C=C/c3ccccc3[N+](=O)[O-])C2=O)cc1. The third kappa shape index (κ3) is 3.64. The van der Waals surface area contributed by atoms with E-state index in [1.807, 2.05) is 49.4 Å². The van der Waals surface area contributed by atoms with Gasteiger partial charge < -0.3 is 0 Å². The van der Waals surface area contributed by atoms with Crippen molar-refractivity contribution >= 4 is 35.0 Å². The molecule has 2 aliphatic rings. The van der Waals surface area contributed by atoms with E-state index in [0.29, 0.717) is 16.9 Å². The molecule has 3 aromatic carbocycles. The van der Waals surface area contributed by atoms with Gasteiger partial charge in [0.15, 0.2) is 6.10 Å². The van der Waals surface area contributed by atoms with E-state index in [0.717, 1.165) is 5.56 Å². The fraction of sp³-hybridized carbons (Fsp3) is 0.154. The van der Waals surface area contributed by atoms with Gasteiger partial charge in [0.2, 0.25) is 5.91 Å². The molecule has 3 atom stereocenters. The van der Waals surface area contributed by atoms with Crippen LogP contribution in [0.25, 0.3) is 6.08 Å². The zero-order chi connectivity index (χ0) is 23.8. The van der Waals surface area contributed by atoms with Crippen LogP contribution in [-0.2, 0) is 14.4 Å². The number of aryl methyl sites for hydroxylation is 1. The lowest BCUT2D eigenvalue weighted by Gasteiger charge is -2.26. The third-order valence-electron chi connectivity index (χ3n) is 6.07. The summed E-state index contributed by atoms with van der Waals surface area (Å²) in [7, 11) is 0. The maximum absolute atomic E-state index is 13.5. The van der Waals surface area contributed by atoms with E-state index in [4.69, 9.17) is 4.84 Å². The van der Waals surface area contributed by atoms with Crippen LogP contribution < -0.4 is 9.96 Å². The number of benzene rings is 3. The number of anilines is 2. The molecular weight excluding hydrogens is 434 g/mol. The van der Waals surface area contributed by atoms with Crippen molar-refractivity contribution in [3.05, 3.63) is 106 Å². The fourth-order valence-corrected chi connectivity index (χ4v) is 4.39. The van der Waals surface area contributed by atoms with Gasteiger partial charge in [-0.1, -0.05) is 54.1 Å². The van der Waals surface area contributed by atoms with Crippen LogP contribution in [0.2, 0.25) is 0 Å². The first-order valence-electron chi connectivity index (χ1n) is 10.8. The normalized spacial score (nSPS) is 22.0. The van der Waals surface area contributed by atoms with Crippen LogP contribution in [0.5, 0.6) is 0 Å². The van der Waals surface area contributed by atoms with Crippen LogP contribution >= 0.6 is 0 Å². The smallest absolute Gasteiger partial charge is 0.273 e. The van der Waals surface area contributed by atoms with E-state index < -0.39 is 28.9 Å². The Balaban J connectivity index is 1.54. The number of hydrogen-bond acceptors (Lipinski definition) is 6. The second-order valence-electron chi connectivity index (χ2n) is 8.23. The molecule has 8 heteroatoms. The summed E-state index contributed by atoms with van der Waals surface area (Å²) in [5.74, 6) is -1.59. The highest BCUT2D eigenvalue weighted by Crippen LogP contribution is 2.41. The van der Waals surface area contributed by atoms with Gasteiger partial charge in [-0.25, -0.2) is 9.96 Å². The summed E-state index contributed by atoms with van der Waals surface area (Å²) in [6, 6.07) is 22.0. The number of nitrogens with zero attached hydrogens (tertiary/aromatic N) is 3. The number of nitro groups is 1. The van der Waals surface area contributed by atoms with Gasteiger partial charge in [-0.3, -0.25) is 24.5 Å². The Morgan fingerprint density at radius 2 is 1.56 bits per heavy atom. The molecule has 0 N–H and O–H groups in total. The maximum atomic E-state index is 13.5. The first-order valence-corrected chi connectivity index (χ1v) is 10.8. The first-order chi connectivity index (χ1) is 16.5. The predicted octanol–water partition coefficient (Wildman–Crippen LogP) is 4.30. The summed E-state index contributed by atoms with van der Waals surface area (Å²) in [4.78, 5) is 45.0. The molecule has 2 amide bonds. The van der Waals surface area contributed by atoms with Crippen LogP contribution in [0.1, 0.15) is 11.1 Å². The van der Waals surface area contributed by atoms with E-state index >= 15 is 0 Å². The van der Waals surface area contributed by atoms with E-state index in [9.17, 15) is 19.7 Å². The molecule has 0 aliphatic carbocycles. The Kier molecular flexibility index (Phi) is 5.43. The minimum Gasteiger partial charge on any atom is -0.273 e. The molecule has 2 aliphatic heterocycles. The van der Waals surface area contributed by atoms with Crippen molar-refractivity contribution in [1.29, 1.82) is 0 Å². The molecule has 5 rings (SSSR count). The van der Waals surface area contributed by atoms with Gasteiger partial charge >= 0.3 is 0 Å². The Bertz CT molecular complexity index is 1290. The highest BCUT2D eigenvalue weighted by Gasteiger charge is 2.59. The van der Waals surface area contributed by atoms with E-state index in [2.05, 4.69) is 0 Å². The Morgan fingerprint density at radius 3 is 2.26 bits per heavy atom. The fourth-order valence-electron chi connectivity index (χ4n) is 4.39. The van der Waals surface area contributed by atoms with Crippen molar-refractivity contribution in [3.8, 4) is 0 Å². The van der Waals surface area contributed by atoms with Crippen LogP contribution in [-0.4, -0.2) is 28.9 Å². The van der Waals surface area contributed by atoms with E-state index in [1.165, 1.54) is 11.0 Å². The van der Waals surface area contributed by atoms with Crippen LogP contribution in [0.3, 0.4) is 0 Å². The summed E-state index contributed by atoms with van der Waals surface area (Å²) in [5, 5.41) is 13.0. The van der Waals surface area contributed by atoms with Gasteiger partial charge in [-0.05, 0) is 43.3 Å². The molecule has 0 aromatic heterocycles. The lowest BCUT2D eigenvalue weighted by molar-refractivity contribution is -0.385. The number of carbonyl (C=O) groups excluding carboxylic acids is 2. The zero-order valence-electron chi connectivity index (χ0n) is 18.3.